The summed E-state index contributed by atoms with van der Waals surface area (Å²) < 4.78 is 0. The second-order valence-corrected chi connectivity index (χ2v) is 14.7. The zero-order valence-corrected chi connectivity index (χ0v) is 33.0. The van der Waals surface area contributed by atoms with Crippen molar-refractivity contribution in [2.45, 2.75) is 59.3 Å². The van der Waals surface area contributed by atoms with E-state index in [4.69, 9.17) is 11.7 Å². The number of aromatic amines is 1. The van der Waals surface area contributed by atoms with E-state index >= 15 is 0 Å². The first-order chi connectivity index (χ1) is 27.7. The van der Waals surface area contributed by atoms with Crippen LogP contribution in [0, 0.1) is 27.3 Å². The highest BCUT2D eigenvalue weighted by Gasteiger charge is 2.14. The van der Waals surface area contributed by atoms with E-state index in [1.165, 1.54) is 38.2 Å². The fourth-order valence-corrected chi connectivity index (χ4v) is 6.85. The third-order valence-corrected chi connectivity index (χ3v) is 10.2. The summed E-state index contributed by atoms with van der Waals surface area (Å²) >= 11 is 1.75. The van der Waals surface area contributed by atoms with Gasteiger partial charge < -0.3 is 9.95 Å². The van der Waals surface area contributed by atoms with Gasteiger partial charge in [0.15, 0.2) is 0 Å². The van der Waals surface area contributed by atoms with E-state index in [1.54, 1.807) is 48.3 Å². The molecule has 0 spiro atoms. The Bertz CT molecular complexity index is 2390. The second kappa shape index (κ2) is 21.4. The van der Waals surface area contributed by atoms with Crippen LogP contribution in [0.15, 0.2) is 116 Å². The average molecular weight is 777 g/mol. The molecule has 0 aliphatic heterocycles. The van der Waals surface area contributed by atoms with Gasteiger partial charge in [-0.1, -0.05) is 59.7 Å². The van der Waals surface area contributed by atoms with Gasteiger partial charge in [0.05, 0.1) is 5.56 Å². The van der Waals surface area contributed by atoms with E-state index < -0.39 is 5.97 Å². The van der Waals surface area contributed by atoms with Crippen molar-refractivity contribution < 1.29 is 14.7 Å². The van der Waals surface area contributed by atoms with Gasteiger partial charge in [0.2, 0.25) is 11.6 Å². The lowest BCUT2D eigenvalue weighted by Gasteiger charge is -2.06. The molecule has 288 valence electrons. The highest BCUT2D eigenvalue weighted by molar-refractivity contribution is 7.11. The minimum atomic E-state index is -0.884. The number of aromatic carboxylic acids is 1. The van der Waals surface area contributed by atoms with Crippen LogP contribution in [0.2, 0.25) is 0 Å². The highest BCUT2D eigenvalue weighted by Crippen LogP contribution is 2.21. The lowest BCUT2D eigenvalue weighted by atomic mass is 9.99. The molecule has 12 heteroatoms. The fraction of sp³-hybridized carbons (Fsp3) is 0.222. The number of nitrogens with one attached hydrogen (secondary N) is 1. The zero-order valence-electron chi connectivity index (χ0n) is 32.2. The molecular weight excluding hydrogens is 733 g/mol. The number of pyridine rings is 3. The lowest BCUT2D eigenvalue weighted by Crippen LogP contribution is -2.07. The van der Waals surface area contributed by atoms with Crippen LogP contribution >= 0.6 is 11.3 Å². The molecule has 57 heavy (non-hydrogen) atoms. The summed E-state index contributed by atoms with van der Waals surface area (Å²) in [6.45, 7) is 12.9. The third-order valence-electron chi connectivity index (χ3n) is 9.09. The zero-order chi connectivity index (χ0) is 40.4. The first-order valence-corrected chi connectivity index (χ1v) is 19.3. The van der Waals surface area contributed by atoms with Crippen molar-refractivity contribution in [1.29, 1.82) is 0 Å². The first-order valence-electron chi connectivity index (χ1n) is 18.5. The third kappa shape index (κ3) is 12.9. The molecule has 0 atom stereocenters. The molecule has 0 amide bonds. The van der Waals surface area contributed by atoms with E-state index in [-0.39, 0.29) is 12.3 Å². The maximum atomic E-state index is 11.9. The Morgan fingerprint density at radius 1 is 0.667 bits per heavy atom. The maximum Gasteiger partial charge on any atom is 0.336 e. The SMILES string of the molecule is Cc1ccc(CCc2cnccc2-c2nn[nH]n2)cc1.Cc1ccc(CCc2cnccc2C(=O)O)s1.[C-]#[N+]CC(=O)c1ccncc1CCc1ccc(C)cc1. The van der Waals surface area contributed by atoms with Crippen LogP contribution in [0.3, 0.4) is 0 Å². The molecule has 0 radical (unpaired) electrons. The van der Waals surface area contributed by atoms with Crippen LogP contribution in [-0.4, -0.2) is 59.0 Å². The topological polar surface area (TPSA) is 152 Å². The van der Waals surface area contributed by atoms with Crippen molar-refractivity contribution >= 4 is 23.1 Å². The van der Waals surface area contributed by atoms with Crippen LogP contribution in [0.1, 0.15) is 69.4 Å². The number of carbonyl (C=O) groups is 2. The van der Waals surface area contributed by atoms with Gasteiger partial charge in [-0.15, -0.1) is 21.5 Å². The summed E-state index contributed by atoms with van der Waals surface area (Å²) in [7, 11) is 0. The van der Waals surface area contributed by atoms with Gasteiger partial charge in [-0.3, -0.25) is 19.7 Å². The monoisotopic (exact) mass is 776 g/mol. The molecule has 5 aromatic heterocycles. The maximum absolute atomic E-state index is 11.9. The van der Waals surface area contributed by atoms with Crippen molar-refractivity contribution in [3.05, 3.63) is 187 Å². The number of hydrogen-bond acceptors (Lipinski definition) is 9. The number of benzene rings is 2. The van der Waals surface area contributed by atoms with Gasteiger partial charge in [0.1, 0.15) is 0 Å². The Kier molecular flexibility index (Phi) is 15.6. The number of carboxylic acids is 1. The van der Waals surface area contributed by atoms with Crippen LogP contribution in [0.25, 0.3) is 16.2 Å². The molecule has 5 heterocycles. The normalized spacial score (nSPS) is 10.4. The van der Waals surface area contributed by atoms with Crippen molar-refractivity contribution in [3.8, 4) is 11.4 Å². The Labute approximate surface area is 336 Å². The smallest absolute Gasteiger partial charge is 0.336 e. The van der Waals surface area contributed by atoms with Crippen LogP contribution in [0.4, 0.5) is 0 Å². The minimum Gasteiger partial charge on any atom is -0.478 e. The van der Waals surface area contributed by atoms with E-state index in [0.717, 1.165) is 60.8 Å². The summed E-state index contributed by atoms with van der Waals surface area (Å²) in [5.41, 5.74) is 9.90. The quantitative estimate of drug-likeness (QED) is 0.0867. The van der Waals surface area contributed by atoms with E-state index in [2.05, 4.69) is 122 Å². The molecule has 0 fully saturated rings. The molecule has 0 saturated carbocycles. The number of hydrogen-bond donors (Lipinski definition) is 2. The first kappa shape index (κ1) is 41.5. The molecule has 0 bridgehead atoms. The van der Waals surface area contributed by atoms with Gasteiger partial charge in [-0.05, 0) is 123 Å². The number of rotatable bonds is 13. The molecule has 0 aliphatic rings. The number of carbonyl (C=O) groups excluding carboxylic acids is 1. The summed E-state index contributed by atoms with van der Waals surface area (Å²) in [5.74, 6) is -0.391. The summed E-state index contributed by atoms with van der Waals surface area (Å²) in [5, 5.41) is 23.2. The molecule has 2 N–H and O–H groups in total. The number of H-pyrrole nitrogens is 1. The number of tetrazole rings is 1. The Morgan fingerprint density at radius 3 is 1.75 bits per heavy atom. The summed E-state index contributed by atoms with van der Waals surface area (Å²) in [6.07, 6.45) is 15.2. The molecular formula is C45H44N8O3S. The number of carboxylic acid groups (broad SMARTS) is 1. The van der Waals surface area contributed by atoms with Gasteiger partial charge in [-0.25, -0.2) is 11.4 Å². The summed E-state index contributed by atoms with van der Waals surface area (Å²) in [4.78, 5) is 40.9. The van der Waals surface area contributed by atoms with Crippen LogP contribution in [0.5, 0.6) is 0 Å². The number of ketones is 1. The van der Waals surface area contributed by atoms with Crippen molar-refractivity contribution in [3.63, 3.8) is 0 Å². The minimum absolute atomic E-state index is 0.0957. The summed E-state index contributed by atoms with van der Waals surface area (Å²) in [6, 6.07) is 26.4. The highest BCUT2D eigenvalue weighted by atomic mass is 32.1. The van der Waals surface area contributed by atoms with E-state index in [9.17, 15) is 9.59 Å². The average Bonchev–Trinajstić information content (AvgIpc) is 3.93. The molecule has 0 saturated heterocycles. The molecule has 0 aliphatic carbocycles. The second-order valence-electron chi connectivity index (χ2n) is 13.4. The Balaban J connectivity index is 0.000000164. The number of aryl methyl sites for hydroxylation is 9. The molecule has 7 rings (SSSR count). The Hall–Kier alpha value is -6.71. The molecule has 11 nitrogen and oxygen atoms in total. The Morgan fingerprint density at radius 2 is 1.21 bits per heavy atom. The standard InChI is InChI=1S/C17H16N2O.C15H15N5.C13H13NO2S/c1-13-3-5-14(6-4-13)7-8-15-11-19-10-9-16(15)17(20)12-18-2;1-11-2-4-12(5-3-11)6-7-13-10-16-9-8-14(13)15-17-19-20-18-15;1-9-2-4-11(17-9)5-3-10-8-14-7-6-12(10)13(15)16/h3-6,9-11H,7-8,12H2,1H3;2-5,8-10H,6-7H2,1H3,(H,17,18,19,20);2,4,6-8H,3,5H2,1H3,(H,15,16). The van der Waals surface area contributed by atoms with Crippen molar-refractivity contribution in [1.82, 2.24) is 35.6 Å². The fourth-order valence-electron chi connectivity index (χ4n) is 5.96. The molecule has 0 unspecified atom stereocenters. The number of Topliss-reactive ketones (excluding diaryl/α,β-unsaturated/α-hetero) is 1. The predicted octanol–water partition coefficient (Wildman–Crippen LogP) is 8.57. The number of nitrogens with zero attached hydrogens (tertiary/aromatic N) is 7. The number of thiophene rings is 1. The predicted molar refractivity (Wildman–Crippen MR) is 222 cm³/mol. The van der Waals surface area contributed by atoms with Crippen LogP contribution in [-0.2, 0) is 38.5 Å². The van der Waals surface area contributed by atoms with Gasteiger partial charge >= 0.3 is 5.97 Å². The van der Waals surface area contributed by atoms with Crippen LogP contribution < -0.4 is 0 Å². The van der Waals surface area contributed by atoms with Gasteiger partial charge in [0, 0.05) is 58.1 Å². The van der Waals surface area contributed by atoms with E-state index in [1.807, 2.05) is 12.3 Å². The van der Waals surface area contributed by atoms with Gasteiger partial charge in [0.25, 0.3) is 6.54 Å². The number of aromatic nitrogens is 7. The molecule has 7 aromatic rings. The lowest BCUT2D eigenvalue weighted by molar-refractivity contribution is 0.0695. The van der Waals surface area contributed by atoms with Crippen molar-refractivity contribution in [2.75, 3.05) is 6.54 Å². The van der Waals surface area contributed by atoms with Gasteiger partial charge in [-0.2, -0.15) is 5.21 Å². The molecule has 2 aromatic carbocycles. The largest absolute Gasteiger partial charge is 0.478 e. The van der Waals surface area contributed by atoms with Crippen molar-refractivity contribution in [2.24, 2.45) is 0 Å². The van der Waals surface area contributed by atoms with E-state index in [0.29, 0.717) is 17.0 Å².